The van der Waals surface area contributed by atoms with Gasteiger partial charge in [0, 0.05) is 5.69 Å². The third-order valence-electron chi connectivity index (χ3n) is 3.71. The van der Waals surface area contributed by atoms with Crippen molar-refractivity contribution in [3.8, 4) is 11.8 Å². The molecule has 0 aliphatic carbocycles. The summed E-state index contributed by atoms with van der Waals surface area (Å²) in [7, 11) is 0. The van der Waals surface area contributed by atoms with Gasteiger partial charge in [-0.15, -0.1) is 0 Å². The maximum absolute atomic E-state index is 12.3. The number of carbonyl (C=O) groups excluding carboxylic acids is 1. The molecule has 7 heteroatoms. The van der Waals surface area contributed by atoms with Crippen LogP contribution in [0.15, 0.2) is 42.0 Å². The molecule has 1 amide bonds. The number of carbonyl (C=O) groups is 1. The molecule has 1 N–H and O–H groups in total. The molecule has 0 aromatic heterocycles. The third kappa shape index (κ3) is 5.90. The quantitative estimate of drug-likeness (QED) is 0.434. The van der Waals surface area contributed by atoms with Gasteiger partial charge in [-0.1, -0.05) is 47.8 Å². The summed E-state index contributed by atoms with van der Waals surface area (Å²) >= 11 is 18.0. The van der Waals surface area contributed by atoms with Crippen LogP contribution >= 0.6 is 34.8 Å². The summed E-state index contributed by atoms with van der Waals surface area (Å²) in [5.41, 5.74) is 0.968. The summed E-state index contributed by atoms with van der Waals surface area (Å²) in [4.78, 5) is 12.3. The monoisotopic (exact) mass is 422 g/mol. The summed E-state index contributed by atoms with van der Waals surface area (Å²) in [5, 5.41) is 13.0. The summed E-state index contributed by atoms with van der Waals surface area (Å²) in [6, 6.07) is 11.6. The number of hydrogen-bond acceptors (Lipinski definition) is 3. The van der Waals surface area contributed by atoms with Crippen LogP contribution in [0.2, 0.25) is 15.1 Å². The predicted molar refractivity (Wildman–Crippen MR) is 111 cm³/mol. The van der Waals surface area contributed by atoms with Gasteiger partial charge in [0.2, 0.25) is 0 Å². The molecular weight excluding hydrogens is 407 g/mol. The minimum Gasteiger partial charge on any atom is -0.489 e. The van der Waals surface area contributed by atoms with Crippen LogP contribution < -0.4 is 10.1 Å². The number of rotatable bonds is 6. The number of nitrogens with zero attached hydrogens (tertiary/aromatic N) is 1. The molecule has 0 saturated heterocycles. The van der Waals surface area contributed by atoms with E-state index >= 15 is 0 Å². The van der Waals surface area contributed by atoms with Crippen LogP contribution in [0.5, 0.6) is 5.75 Å². The van der Waals surface area contributed by atoms with Gasteiger partial charge in [0.15, 0.2) is 0 Å². The first-order valence-corrected chi connectivity index (χ1v) is 9.31. The highest BCUT2D eigenvalue weighted by atomic mass is 35.5. The highest BCUT2D eigenvalue weighted by Crippen LogP contribution is 2.28. The van der Waals surface area contributed by atoms with Crippen molar-refractivity contribution in [1.29, 1.82) is 5.26 Å². The van der Waals surface area contributed by atoms with E-state index in [0.29, 0.717) is 32.1 Å². The molecule has 0 aliphatic heterocycles. The summed E-state index contributed by atoms with van der Waals surface area (Å²) < 4.78 is 5.71. The number of halogens is 3. The minimum atomic E-state index is -0.563. The van der Waals surface area contributed by atoms with Crippen molar-refractivity contribution in [3.63, 3.8) is 0 Å². The summed E-state index contributed by atoms with van der Waals surface area (Å²) in [6.07, 6.45) is 2.34. The lowest BCUT2D eigenvalue weighted by molar-refractivity contribution is -0.112. The first kappa shape index (κ1) is 21.1. The Kier molecular flexibility index (Phi) is 7.55. The zero-order valence-electron chi connectivity index (χ0n) is 14.7. The molecule has 2 aromatic carbocycles. The van der Waals surface area contributed by atoms with E-state index in [4.69, 9.17) is 39.5 Å². The topological polar surface area (TPSA) is 62.1 Å². The van der Waals surface area contributed by atoms with Crippen LogP contribution in [0, 0.1) is 11.3 Å². The van der Waals surface area contributed by atoms with Gasteiger partial charge in [-0.25, -0.2) is 0 Å². The summed E-state index contributed by atoms with van der Waals surface area (Å²) in [6.45, 7) is 3.96. The smallest absolute Gasteiger partial charge is 0.266 e. The van der Waals surface area contributed by atoms with Crippen molar-refractivity contribution in [2.24, 2.45) is 0 Å². The summed E-state index contributed by atoms with van der Waals surface area (Å²) in [5.74, 6) is -0.00567. The largest absolute Gasteiger partial charge is 0.489 e. The van der Waals surface area contributed by atoms with Crippen molar-refractivity contribution >= 4 is 52.5 Å². The minimum absolute atomic E-state index is 0.0375. The van der Waals surface area contributed by atoms with Crippen LogP contribution in [0.25, 0.3) is 6.08 Å². The number of anilines is 1. The maximum Gasteiger partial charge on any atom is 0.266 e. The Bertz CT molecular complexity index is 920. The molecule has 2 rings (SSSR count). The molecule has 0 aliphatic rings. The van der Waals surface area contributed by atoms with Gasteiger partial charge in [0.05, 0.1) is 21.2 Å². The van der Waals surface area contributed by atoms with Gasteiger partial charge in [0.1, 0.15) is 17.4 Å². The van der Waals surface area contributed by atoms with Gasteiger partial charge in [-0.3, -0.25) is 4.79 Å². The maximum atomic E-state index is 12.3. The number of ether oxygens (including phenoxy) is 1. The third-order valence-corrected chi connectivity index (χ3v) is 4.75. The van der Waals surface area contributed by atoms with E-state index in [0.717, 1.165) is 6.42 Å². The van der Waals surface area contributed by atoms with Crippen LogP contribution in [0.3, 0.4) is 0 Å². The van der Waals surface area contributed by atoms with Crippen molar-refractivity contribution < 1.29 is 9.53 Å². The van der Waals surface area contributed by atoms with E-state index in [9.17, 15) is 10.1 Å². The Morgan fingerprint density at radius 3 is 2.52 bits per heavy atom. The van der Waals surface area contributed by atoms with Gasteiger partial charge in [-0.05, 0) is 55.3 Å². The molecule has 27 heavy (non-hydrogen) atoms. The van der Waals surface area contributed by atoms with E-state index in [1.54, 1.807) is 30.3 Å². The number of amides is 1. The Morgan fingerprint density at radius 1 is 1.19 bits per heavy atom. The van der Waals surface area contributed by atoms with E-state index in [1.807, 2.05) is 19.9 Å². The standard InChI is InChI=1S/C20H17Cl3N2O2/c1-3-12(2)27-19-7-4-13(9-18(19)23)8-14(11-24)20(26)25-15-5-6-16(21)17(22)10-15/h4-10,12H,3H2,1-2H3,(H,25,26)/b14-8-/t12-/m0/s1. The fraction of sp³-hybridized carbons (Fsp3) is 0.200. The van der Waals surface area contributed by atoms with Crippen molar-refractivity contribution in [3.05, 3.63) is 62.6 Å². The van der Waals surface area contributed by atoms with Crippen LogP contribution in [-0.4, -0.2) is 12.0 Å². The molecule has 0 heterocycles. The molecule has 140 valence electrons. The molecule has 1 atom stereocenters. The predicted octanol–water partition coefficient (Wildman–Crippen LogP) is 6.37. The molecule has 2 aromatic rings. The lowest BCUT2D eigenvalue weighted by atomic mass is 10.1. The second-order valence-corrected chi connectivity index (χ2v) is 7.00. The molecule has 0 fully saturated rings. The zero-order valence-corrected chi connectivity index (χ0v) is 17.0. The molecule has 4 nitrogen and oxygen atoms in total. The first-order chi connectivity index (χ1) is 12.8. The number of benzene rings is 2. The molecular formula is C20H17Cl3N2O2. The number of nitrogens with one attached hydrogen (secondary N) is 1. The van der Waals surface area contributed by atoms with E-state index in [2.05, 4.69) is 5.32 Å². The molecule has 0 unspecified atom stereocenters. The zero-order chi connectivity index (χ0) is 20.0. The second-order valence-electron chi connectivity index (χ2n) is 5.78. The van der Waals surface area contributed by atoms with Gasteiger partial charge >= 0.3 is 0 Å². The highest BCUT2D eigenvalue weighted by molar-refractivity contribution is 6.42. The Balaban J connectivity index is 2.19. The molecule has 0 saturated carbocycles. The van der Waals surface area contributed by atoms with Gasteiger partial charge in [0.25, 0.3) is 5.91 Å². The molecule has 0 bridgehead atoms. The van der Waals surface area contributed by atoms with Crippen molar-refractivity contribution in [2.75, 3.05) is 5.32 Å². The fourth-order valence-electron chi connectivity index (χ4n) is 2.09. The van der Waals surface area contributed by atoms with Gasteiger partial charge in [-0.2, -0.15) is 5.26 Å². The lowest BCUT2D eigenvalue weighted by Gasteiger charge is -2.14. The second kappa shape index (κ2) is 9.66. The fourth-order valence-corrected chi connectivity index (χ4v) is 2.62. The Hall–Kier alpha value is -2.19. The Morgan fingerprint density at radius 2 is 1.93 bits per heavy atom. The average molecular weight is 424 g/mol. The Labute approximate surface area is 173 Å². The normalized spacial score (nSPS) is 12.2. The highest BCUT2D eigenvalue weighted by Gasteiger charge is 2.12. The SMILES string of the molecule is CC[C@H](C)Oc1ccc(/C=C(/C#N)C(=O)Nc2ccc(Cl)c(Cl)c2)cc1Cl. The van der Waals surface area contributed by atoms with Crippen LogP contribution in [0.4, 0.5) is 5.69 Å². The van der Waals surface area contributed by atoms with Crippen LogP contribution in [-0.2, 0) is 4.79 Å². The van der Waals surface area contributed by atoms with Gasteiger partial charge < -0.3 is 10.1 Å². The van der Waals surface area contributed by atoms with E-state index < -0.39 is 5.91 Å². The van der Waals surface area contributed by atoms with E-state index in [-0.39, 0.29) is 11.7 Å². The van der Waals surface area contributed by atoms with Crippen LogP contribution in [0.1, 0.15) is 25.8 Å². The molecule has 0 spiro atoms. The number of nitriles is 1. The van der Waals surface area contributed by atoms with Crippen molar-refractivity contribution in [2.45, 2.75) is 26.4 Å². The van der Waals surface area contributed by atoms with E-state index in [1.165, 1.54) is 12.1 Å². The lowest BCUT2D eigenvalue weighted by Crippen LogP contribution is -2.13. The first-order valence-electron chi connectivity index (χ1n) is 8.18. The average Bonchev–Trinajstić information content (AvgIpc) is 2.64. The number of hydrogen-bond donors (Lipinski definition) is 1. The van der Waals surface area contributed by atoms with Crippen molar-refractivity contribution in [1.82, 2.24) is 0 Å². The molecule has 0 radical (unpaired) electrons.